The predicted molar refractivity (Wildman–Crippen MR) is 85.0 cm³/mol. The van der Waals surface area contributed by atoms with Gasteiger partial charge in [-0.3, -0.25) is 4.79 Å². The molecule has 0 unspecified atom stereocenters. The number of hydrogen-bond acceptors (Lipinski definition) is 3. The lowest BCUT2D eigenvalue weighted by Gasteiger charge is -2.06. The summed E-state index contributed by atoms with van der Waals surface area (Å²) in [6.45, 7) is 0.201. The van der Waals surface area contributed by atoms with Crippen LogP contribution in [-0.4, -0.2) is 15.9 Å². The topological polar surface area (TPSA) is 54.9 Å². The van der Waals surface area contributed by atoms with E-state index in [1.165, 1.54) is 42.7 Å². The fraction of sp³-hybridized carbons (Fsp3) is 0.0556. The molecule has 0 fully saturated rings. The smallest absolute Gasteiger partial charge is 0.251 e. The highest BCUT2D eigenvalue weighted by Crippen LogP contribution is 2.17. The quantitative estimate of drug-likeness (QED) is 0.800. The summed E-state index contributed by atoms with van der Waals surface area (Å²) in [5.74, 6) is -1.04. The van der Waals surface area contributed by atoms with Crippen LogP contribution in [-0.2, 0) is 6.54 Å². The maximum atomic E-state index is 13.0. The Labute approximate surface area is 137 Å². The third-order valence-electron chi connectivity index (χ3n) is 3.40. The normalized spacial score (nSPS) is 10.4. The third kappa shape index (κ3) is 3.78. The minimum atomic E-state index is -0.397. The molecule has 2 aromatic carbocycles. The highest BCUT2D eigenvalue weighted by Gasteiger charge is 2.07. The van der Waals surface area contributed by atoms with Crippen LogP contribution >= 0.6 is 0 Å². The summed E-state index contributed by atoms with van der Waals surface area (Å²) in [5, 5.41) is 2.71. The average Bonchev–Trinajstić information content (AvgIpc) is 2.61. The Kier molecular flexibility index (Phi) is 4.56. The first kappa shape index (κ1) is 15.7. The number of aromatic nitrogens is 2. The van der Waals surface area contributed by atoms with Gasteiger partial charge in [-0.2, -0.15) is 0 Å². The van der Waals surface area contributed by atoms with Crippen molar-refractivity contribution in [2.75, 3.05) is 0 Å². The number of amides is 1. The van der Waals surface area contributed by atoms with Gasteiger partial charge in [0.05, 0.1) is 17.9 Å². The second kappa shape index (κ2) is 6.95. The summed E-state index contributed by atoms with van der Waals surface area (Å²) >= 11 is 0. The van der Waals surface area contributed by atoms with Crippen molar-refractivity contribution < 1.29 is 13.6 Å². The van der Waals surface area contributed by atoms with Gasteiger partial charge in [-0.25, -0.2) is 18.7 Å². The zero-order valence-electron chi connectivity index (χ0n) is 12.5. The Morgan fingerprint density at radius 3 is 2.21 bits per heavy atom. The second-order valence-corrected chi connectivity index (χ2v) is 5.09. The van der Waals surface area contributed by atoms with Crippen LogP contribution in [0.25, 0.3) is 11.3 Å². The third-order valence-corrected chi connectivity index (χ3v) is 3.40. The van der Waals surface area contributed by atoms with E-state index in [0.29, 0.717) is 17.0 Å². The van der Waals surface area contributed by atoms with Gasteiger partial charge in [0.25, 0.3) is 5.91 Å². The molecule has 0 saturated carbocycles. The molecule has 0 bridgehead atoms. The summed E-state index contributed by atoms with van der Waals surface area (Å²) in [7, 11) is 0. The summed E-state index contributed by atoms with van der Waals surface area (Å²) in [6, 6.07) is 13.0. The van der Waals surface area contributed by atoms with Gasteiger partial charge in [0, 0.05) is 11.1 Å². The molecule has 24 heavy (non-hydrogen) atoms. The number of nitrogens with one attached hydrogen (secondary N) is 1. The molecular weight excluding hydrogens is 312 g/mol. The molecule has 0 aliphatic rings. The minimum absolute atomic E-state index is 0.201. The van der Waals surface area contributed by atoms with Crippen LogP contribution in [0.1, 0.15) is 16.1 Å². The molecule has 0 atom stereocenters. The molecule has 0 aliphatic heterocycles. The first-order valence-corrected chi connectivity index (χ1v) is 7.22. The van der Waals surface area contributed by atoms with Crippen LogP contribution in [0.15, 0.2) is 60.9 Å². The Morgan fingerprint density at radius 2 is 1.54 bits per heavy atom. The minimum Gasteiger partial charge on any atom is -0.346 e. The van der Waals surface area contributed by atoms with Crippen LogP contribution in [0, 0.1) is 11.6 Å². The van der Waals surface area contributed by atoms with Crippen molar-refractivity contribution in [3.05, 3.63) is 83.8 Å². The molecule has 3 rings (SSSR count). The van der Waals surface area contributed by atoms with E-state index in [2.05, 4.69) is 15.3 Å². The molecule has 0 spiro atoms. The molecule has 4 nitrogen and oxygen atoms in total. The van der Waals surface area contributed by atoms with Crippen molar-refractivity contribution in [3.63, 3.8) is 0 Å². The van der Waals surface area contributed by atoms with Gasteiger partial charge in [-0.15, -0.1) is 0 Å². The van der Waals surface area contributed by atoms with Gasteiger partial charge in [0.15, 0.2) is 0 Å². The van der Waals surface area contributed by atoms with Gasteiger partial charge in [0.2, 0.25) is 0 Å². The van der Waals surface area contributed by atoms with Crippen molar-refractivity contribution in [1.29, 1.82) is 0 Å². The maximum Gasteiger partial charge on any atom is 0.251 e. The Morgan fingerprint density at radius 1 is 0.917 bits per heavy atom. The van der Waals surface area contributed by atoms with E-state index < -0.39 is 5.82 Å². The maximum absolute atomic E-state index is 13.0. The summed E-state index contributed by atoms with van der Waals surface area (Å²) in [5.41, 5.74) is 2.37. The summed E-state index contributed by atoms with van der Waals surface area (Å²) in [4.78, 5) is 20.3. The van der Waals surface area contributed by atoms with Gasteiger partial charge in [0.1, 0.15) is 18.0 Å². The Balaban J connectivity index is 1.69. The Bertz CT molecular complexity index is 849. The van der Waals surface area contributed by atoms with Crippen LogP contribution in [0.5, 0.6) is 0 Å². The zero-order chi connectivity index (χ0) is 16.9. The Hall–Kier alpha value is -3.15. The molecule has 1 N–H and O–H groups in total. The lowest BCUT2D eigenvalue weighted by molar-refractivity contribution is 0.0950. The molecular formula is C18H13F2N3O. The lowest BCUT2D eigenvalue weighted by atomic mass is 10.1. The summed E-state index contributed by atoms with van der Waals surface area (Å²) in [6.07, 6.45) is 1.39. The molecule has 120 valence electrons. The largest absolute Gasteiger partial charge is 0.346 e. The highest BCUT2D eigenvalue weighted by atomic mass is 19.1. The van der Waals surface area contributed by atoms with E-state index in [1.54, 1.807) is 18.2 Å². The number of benzene rings is 2. The van der Waals surface area contributed by atoms with Gasteiger partial charge in [-0.1, -0.05) is 0 Å². The van der Waals surface area contributed by atoms with E-state index in [4.69, 9.17) is 0 Å². The highest BCUT2D eigenvalue weighted by molar-refractivity contribution is 5.94. The van der Waals surface area contributed by atoms with E-state index in [-0.39, 0.29) is 18.3 Å². The number of halogens is 2. The lowest BCUT2D eigenvalue weighted by Crippen LogP contribution is -2.23. The number of rotatable bonds is 4. The van der Waals surface area contributed by atoms with E-state index in [0.717, 1.165) is 5.56 Å². The van der Waals surface area contributed by atoms with Gasteiger partial charge >= 0.3 is 0 Å². The number of carbonyl (C=O) groups excluding carboxylic acids is 1. The van der Waals surface area contributed by atoms with E-state index in [1.807, 2.05) is 0 Å². The molecule has 1 heterocycles. The monoisotopic (exact) mass is 325 g/mol. The number of hydrogen-bond donors (Lipinski definition) is 1. The van der Waals surface area contributed by atoms with Gasteiger partial charge < -0.3 is 5.32 Å². The fourth-order valence-corrected chi connectivity index (χ4v) is 2.15. The SMILES string of the molecule is O=C(NCc1cc(-c2ccc(F)cc2)ncn1)c1ccc(F)cc1. The second-order valence-electron chi connectivity index (χ2n) is 5.09. The predicted octanol–water partition coefficient (Wildman–Crippen LogP) is 3.35. The van der Waals surface area contributed by atoms with Crippen LogP contribution in [0.4, 0.5) is 8.78 Å². The van der Waals surface area contributed by atoms with Crippen molar-refractivity contribution >= 4 is 5.91 Å². The average molecular weight is 325 g/mol. The number of carbonyl (C=O) groups is 1. The summed E-state index contributed by atoms with van der Waals surface area (Å²) < 4.78 is 25.8. The standard InChI is InChI=1S/C18H13F2N3O/c19-14-5-1-12(2-6-14)17-9-16(22-11-23-17)10-21-18(24)13-3-7-15(20)8-4-13/h1-9,11H,10H2,(H,21,24). The molecule has 0 radical (unpaired) electrons. The van der Waals surface area contributed by atoms with Crippen molar-refractivity contribution in [2.45, 2.75) is 6.54 Å². The molecule has 3 aromatic rings. The molecule has 0 aliphatic carbocycles. The van der Waals surface area contributed by atoms with Crippen LogP contribution < -0.4 is 5.32 Å². The van der Waals surface area contributed by atoms with E-state index >= 15 is 0 Å². The first-order chi connectivity index (χ1) is 11.6. The zero-order valence-corrected chi connectivity index (χ0v) is 12.5. The van der Waals surface area contributed by atoms with Crippen molar-refractivity contribution in [3.8, 4) is 11.3 Å². The van der Waals surface area contributed by atoms with Crippen LogP contribution in [0.2, 0.25) is 0 Å². The molecule has 1 aromatic heterocycles. The van der Waals surface area contributed by atoms with Crippen LogP contribution in [0.3, 0.4) is 0 Å². The van der Waals surface area contributed by atoms with Gasteiger partial charge in [-0.05, 0) is 54.6 Å². The van der Waals surface area contributed by atoms with E-state index in [9.17, 15) is 13.6 Å². The molecule has 6 heteroatoms. The fourth-order valence-electron chi connectivity index (χ4n) is 2.15. The number of nitrogens with zero attached hydrogens (tertiary/aromatic N) is 2. The molecule has 0 saturated heterocycles. The van der Waals surface area contributed by atoms with Crippen molar-refractivity contribution in [2.24, 2.45) is 0 Å². The van der Waals surface area contributed by atoms with Crippen molar-refractivity contribution in [1.82, 2.24) is 15.3 Å². The molecule has 1 amide bonds. The first-order valence-electron chi connectivity index (χ1n) is 7.22.